The maximum absolute atomic E-state index is 11.9. The molecule has 0 saturated carbocycles. The average Bonchev–Trinajstić information content (AvgIpc) is 2.46. The fourth-order valence-electron chi connectivity index (χ4n) is 1.93. The van der Waals surface area contributed by atoms with E-state index in [2.05, 4.69) is 10.6 Å². The molecule has 1 unspecified atom stereocenters. The predicted octanol–water partition coefficient (Wildman–Crippen LogP) is 1.91. The Hall–Kier alpha value is -1.30. The van der Waals surface area contributed by atoms with Crippen molar-refractivity contribution in [2.45, 2.75) is 20.4 Å². The summed E-state index contributed by atoms with van der Waals surface area (Å²) in [7, 11) is 3.48. The highest BCUT2D eigenvalue weighted by Gasteiger charge is 2.12. The molecule has 0 bridgehead atoms. The summed E-state index contributed by atoms with van der Waals surface area (Å²) in [5, 5.41) is 5.94. The Balaban J connectivity index is 0.00000441. The highest BCUT2D eigenvalue weighted by atomic mass is 35.5. The molecule has 5 nitrogen and oxygen atoms in total. The van der Waals surface area contributed by atoms with Crippen molar-refractivity contribution in [1.29, 1.82) is 0 Å². The molecule has 0 spiro atoms. The molecule has 2 N–H and O–H groups in total. The third-order valence-electron chi connectivity index (χ3n) is 3.18. The van der Waals surface area contributed by atoms with Crippen LogP contribution in [0.3, 0.4) is 0 Å². The van der Waals surface area contributed by atoms with Crippen LogP contribution in [-0.2, 0) is 16.1 Å². The number of halogens is 1. The number of carbonyl (C=O) groups is 1. The zero-order valence-electron chi connectivity index (χ0n) is 13.8. The van der Waals surface area contributed by atoms with Gasteiger partial charge in [-0.3, -0.25) is 4.79 Å². The number of hydrogen-bond acceptors (Lipinski definition) is 4. The first-order valence-corrected chi connectivity index (χ1v) is 7.22. The largest absolute Gasteiger partial charge is 0.491 e. The smallest absolute Gasteiger partial charge is 0.224 e. The molecule has 0 heterocycles. The van der Waals surface area contributed by atoms with Crippen molar-refractivity contribution < 1.29 is 14.3 Å². The quantitative estimate of drug-likeness (QED) is 0.679. The van der Waals surface area contributed by atoms with E-state index >= 15 is 0 Å². The Morgan fingerprint density at radius 3 is 2.68 bits per heavy atom. The van der Waals surface area contributed by atoms with Crippen LogP contribution in [0.25, 0.3) is 0 Å². The Labute approximate surface area is 139 Å². The van der Waals surface area contributed by atoms with Crippen molar-refractivity contribution >= 4 is 18.3 Å². The minimum Gasteiger partial charge on any atom is -0.491 e. The van der Waals surface area contributed by atoms with Crippen molar-refractivity contribution in [2.75, 3.05) is 33.9 Å². The van der Waals surface area contributed by atoms with E-state index in [9.17, 15) is 4.79 Å². The van der Waals surface area contributed by atoms with Crippen LogP contribution in [0.1, 0.15) is 18.1 Å². The monoisotopic (exact) mass is 330 g/mol. The summed E-state index contributed by atoms with van der Waals surface area (Å²) in [4.78, 5) is 11.9. The van der Waals surface area contributed by atoms with Gasteiger partial charge in [0.05, 0.1) is 6.61 Å². The Morgan fingerprint density at radius 2 is 2.05 bits per heavy atom. The molecule has 6 heteroatoms. The normalized spacial score (nSPS) is 11.5. The van der Waals surface area contributed by atoms with Gasteiger partial charge in [-0.2, -0.15) is 0 Å². The number of aryl methyl sites for hydroxylation is 1. The third kappa shape index (κ3) is 7.11. The lowest BCUT2D eigenvalue weighted by atomic mass is 10.1. The number of amides is 1. The molecule has 1 atom stereocenters. The van der Waals surface area contributed by atoms with E-state index in [1.807, 2.05) is 39.1 Å². The topological polar surface area (TPSA) is 59.6 Å². The van der Waals surface area contributed by atoms with E-state index in [-0.39, 0.29) is 24.2 Å². The van der Waals surface area contributed by atoms with E-state index in [0.717, 1.165) is 16.9 Å². The van der Waals surface area contributed by atoms with Gasteiger partial charge in [-0.05, 0) is 25.6 Å². The van der Waals surface area contributed by atoms with Crippen LogP contribution >= 0.6 is 12.4 Å². The van der Waals surface area contributed by atoms with Gasteiger partial charge in [0, 0.05) is 31.7 Å². The van der Waals surface area contributed by atoms with E-state index in [1.54, 1.807) is 7.11 Å². The third-order valence-corrected chi connectivity index (χ3v) is 3.18. The first-order chi connectivity index (χ1) is 10.1. The number of carbonyl (C=O) groups excluding carboxylic acids is 1. The van der Waals surface area contributed by atoms with E-state index < -0.39 is 0 Å². The summed E-state index contributed by atoms with van der Waals surface area (Å²) < 4.78 is 10.7. The molecule has 22 heavy (non-hydrogen) atoms. The summed E-state index contributed by atoms with van der Waals surface area (Å²) in [6, 6.07) is 5.98. The molecule has 1 amide bonds. The zero-order chi connectivity index (χ0) is 15.7. The zero-order valence-corrected chi connectivity index (χ0v) is 14.6. The minimum atomic E-state index is -0.0571. The maximum atomic E-state index is 11.9. The van der Waals surface area contributed by atoms with E-state index in [0.29, 0.717) is 26.3 Å². The summed E-state index contributed by atoms with van der Waals surface area (Å²) >= 11 is 0. The van der Waals surface area contributed by atoms with Gasteiger partial charge in [-0.1, -0.05) is 19.1 Å². The lowest BCUT2D eigenvalue weighted by Gasteiger charge is -2.15. The Morgan fingerprint density at radius 1 is 1.32 bits per heavy atom. The maximum Gasteiger partial charge on any atom is 0.224 e. The second kappa shape index (κ2) is 11.3. The molecular formula is C16H27ClN2O3. The minimum absolute atomic E-state index is 0. The van der Waals surface area contributed by atoms with Crippen molar-refractivity contribution in [3.8, 4) is 5.75 Å². The number of rotatable bonds is 9. The molecule has 0 aromatic heterocycles. The van der Waals surface area contributed by atoms with E-state index in [1.165, 1.54) is 0 Å². The molecular weight excluding hydrogens is 304 g/mol. The van der Waals surface area contributed by atoms with Crippen molar-refractivity contribution in [3.63, 3.8) is 0 Å². The fraction of sp³-hybridized carbons (Fsp3) is 0.562. The van der Waals surface area contributed by atoms with Crippen molar-refractivity contribution in [3.05, 3.63) is 29.3 Å². The lowest BCUT2D eigenvalue weighted by Crippen LogP contribution is -2.34. The summed E-state index contributed by atoms with van der Waals surface area (Å²) in [6.07, 6.45) is 0. The van der Waals surface area contributed by atoms with Crippen LogP contribution < -0.4 is 15.4 Å². The second-order valence-corrected chi connectivity index (χ2v) is 5.13. The van der Waals surface area contributed by atoms with Gasteiger partial charge < -0.3 is 20.1 Å². The SMILES string of the molecule is CNCC(C)C(=O)NCc1ccc(C)cc1OCCOC.Cl. The first kappa shape index (κ1) is 20.7. The highest BCUT2D eigenvalue weighted by Crippen LogP contribution is 2.20. The standard InChI is InChI=1S/C16H26N2O3.ClH/c1-12-5-6-14(15(9-12)21-8-7-20-4)11-18-16(19)13(2)10-17-3;/h5-6,9,13,17H,7-8,10-11H2,1-4H3,(H,18,19);1H. The van der Waals surface area contributed by atoms with Crippen LogP contribution in [0.15, 0.2) is 18.2 Å². The summed E-state index contributed by atoms with van der Waals surface area (Å²) in [5.41, 5.74) is 2.10. The fourth-order valence-corrected chi connectivity index (χ4v) is 1.93. The van der Waals surface area contributed by atoms with Crippen molar-refractivity contribution in [1.82, 2.24) is 10.6 Å². The second-order valence-electron chi connectivity index (χ2n) is 5.13. The molecule has 0 aliphatic heterocycles. The molecule has 0 radical (unpaired) electrons. The molecule has 1 aromatic rings. The van der Waals surface area contributed by atoms with Gasteiger partial charge in [-0.25, -0.2) is 0 Å². The van der Waals surface area contributed by atoms with Crippen LogP contribution in [0.4, 0.5) is 0 Å². The van der Waals surface area contributed by atoms with Gasteiger partial charge in [0.25, 0.3) is 0 Å². The molecule has 1 rings (SSSR count). The molecule has 0 aliphatic rings. The van der Waals surface area contributed by atoms with Gasteiger partial charge >= 0.3 is 0 Å². The average molecular weight is 331 g/mol. The molecule has 0 fully saturated rings. The summed E-state index contributed by atoms with van der Waals surface area (Å²) in [6.45, 7) is 6.08. The van der Waals surface area contributed by atoms with Gasteiger partial charge in [0.1, 0.15) is 12.4 Å². The predicted molar refractivity (Wildman–Crippen MR) is 90.7 cm³/mol. The lowest BCUT2D eigenvalue weighted by molar-refractivity contribution is -0.124. The Kier molecular flexibility index (Phi) is 10.6. The summed E-state index contributed by atoms with van der Waals surface area (Å²) in [5.74, 6) is 0.777. The van der Waals surface area contributed by atoms with Gasteiger partial charge in [0.15, 0.2) is 0 Å². The number of nitrogens with one attached hydrogen (secondary N) is 2. The number of hydrogen-bond donors (Lipinski definition) is 2. The molecule has 126 valence electrons. The van der Waals surface area contributed by atoms with E-state index in [4.69, 9.17) is 9.47 Å². The molecule has 1 aromatic carbocycles. The van der Waals surface area contributed by atoms with Gasteiger partial charge in [-0.15, -0.1) is 12.4 Å². The van der Waals surface area contributed by atoms with Crippen molar-refractivity contribution in [2.24, 2.45) is 5.92 Å². The highest BCUT2D eigenvalue weighted by molar-refractivity contribution is 5.85. The van der Waals surface area contributed by atoms with Crippen LogP contribution in [0.2, 0.25) is 0 Å². The van der Waals surface area contributed by atoms with Crippen LogP contribution in [-0.4, -0.2) is 39.8 Å². The number of ether oxygens (including phenoxy) is 2. The van der Waals surface area contributed by atoms with Crippen LogP contribution in [0.5, 0.6) is 5.75 Å². The first-order valence-electron chi connectivity index (χ1n) is 7.22. The molecule has 0 saturated heterocycles. The van der Waals surface area contributed by atoms with Gasteiger partial charge in [0.2, 0.25) is 5.91 Å². The van der Waals surface area contributed by atoms with Crippen LogP contribution in [0, 0.1) is 12.8 Å². The molecule has 0 aliphatic carbocycles. The Bertz CT molecular complexity index is 455. The number of benzene rings is 1. The number of methoxy groups -OCH3 is 1.